The Kier molecular flexibility index (Phi) is 3.88. The summed E-state index contributed by atoms with van der Waals surface area (Å²) in [5.41, 5.74) is 1.40. The molecule has 0 aliphatic rings. The number of rotatable bonds is 2. The summed E-state index contributed by atoms with van der Waals surface area (Å²) >= 11 is 0. The minimum Gasteiger partial charge on any atom is -0.0622 e. The molecule has 0 amide bonds. The molecule has 0 heterocycles. The minimum atomic E-state index is -0.313. The Hall–Kier alpha value is -1.13. The van der Waals surface area contributed by atoms with Crippen molar-refractivity contribution in [2.45, 2.75) is 32.9 Å². The lowest BCUT2D eigenvalue weighted by Crippen LogP contribution is -2.27. The zero-order chi connectivity index (χ0) is 13.2. The predicted molar refractivity (Wildman–Crippen MR) is 83.6 cm³/mol. The van der Waals surface area contributed by atoms with Gasteiger partial charge in [-0.05, 0) is 36.2 Å². The summed E-state index contributed by atoms with van der Waals surface area (Å²) in [7, 11) is -0.313. The van der Waals surface area contributed by atoms with E-state index in [1.54, 1.807) is 0 Å². The van der Waals surface area contributed by atoms with Crippen LogP contribution in [0, 0.1) is 6.92 Å². The summed E-state index contributed by atoms with van der Waals surface area (Å²) in [5, 5.41) is 3.25. The van der Waals surface area contributed by atoms with Gasteiger partial charge in [0, 0.05) is 0 Å². The van der Waals surface area contributed by atoms with E-state index < -0.39 is 0 Å². The summed E-state index contributed by atoms with van der Waals surface area (Å²) in [5.74, 6) is 0. The Labute approximate surface area is 112 Å². The Balaban J connectivity index is 2.55. The maximum Gasteiger partial charge on any atom is -0.00990 e. The molecule has 0 bridgehead atoms. The van der Waals surface area contributed by atoms with Crippen molar-refractivity contribution in [3.63, 3.8) is 0 Å². The molecule has 2 aromatic carbocycles. The highest BCUT2D eigenvalue weighted by Crippen LogP contribution is 2.47. The van der Waals surface area contributed by atoms with Gasteiger partial charge in [-0.1, -0.05) is 75.4 Å². The molecule has 0 spiro atoms. The van der Waals surface area contributed by atoms with Gasteiger partial charge in [0.05, 0.1) is 0 Å². The Bertz CT molecular complexity index is 509. The maximum absolute atomic E-state index is 2.35. The summed E-state index contributed by atoms with van der Waals surface area (Å²) in [6, 6.07) is 19.7. The van der Waals surface area contributed by atoms with E-state index in [1.165, 1.54) is 16.2 Å². The van der Waals surface area contributed by atoms with Crippen molar-refractivity contribution in [1.82, 2.24) is 0 Å². The van der Waals surface area contributed by atoms with Crippen LogP contribution in [-0.2, 0) is 0 Å². The van der Waals surface area contributed by atoms with E-state index in [2.05, 4.69) is 82.3 Å². The van der Waals surface area contributed by atoms with Crippen LogP contribution in [0.5, 0.6) is 0 Å². The first-order chi connectivity index (χ1) is 8.50. The zero-order valence-corrected chi connectivity index (χ0v) is 12.5. The molecule has 0 unspecified atom stereocenters. The second kappa shape index (κ2) is 5.24. The SMILES string of the molecule is Cc1ccccc1[P@](c1ccccc1)C(C)(C)C. The molecular weight excluding hydrogens is 235 g/mol. The van der Waals surface area contributed by atoms with Crippen LogP contribution in [0.15, 0.2) is 54.6 Å². The summed E-state index contributed by atoms with van der Waals surface area (Å²) in [6.45, 7) is 9.26. The highest BCUT2D eigenvalue weighted by atomic mass is 31.1. The Morgan fingerprint density at radius 2 is 1.33 bits per heavy atom. The fourth-order valence-electron chi connectivity index (χ4n) is 2.28. The van der Waals surface area contributed by atoms with Gasteiger partial charge >= 0.3 is 0 Å². The van der Waals surface area contributed by atoms with Crippen molar-refractivity contribution in [3.8, 4) is 0 Å². The highest BCUT2D eigenvalue weighted by Gasteiger charge is 2.28. The van der Waals surface area contributed by atoms with Crippen molar-refractivity contribution in [3.05, 3.63) is 60.2 Å². The zero-order valence-electron chi connectivity index (χ0n) is 11.6. The molecule has 0 saturated carbocycles. The first kappa shape index (κ1) is 13.3. The average molecular weight is 256 g/mol. The normalized spacial score (nSPS) is 13.3. The molecule has 0 aliphatic carbocycles. The fourth-order valence-corrected chi connectivity index (χ4v) is 5.19. The minimum absolute atomic E-state index is 0.281. The van der Waals surface area contributed by atoms with Crippen molar-refractivity contribution < 1.29 is 0 Å². The van der Waals surface area contributed by atoms with Crippen molar-refractivity contribution in [1.29, 1.82) is 0 Å². The third kappa shape index (κ3) is 2.82. The molecule has 1 atom stereocenters. The summed E-state index contributed by atoms with van der Waals surface area (Å²) in [4.78, 5) is 0. The first-order valence-electron chi connectivity index (χ1n) is 6.41. The number of benzene rings is 2. The van der Waals surface area contributed by atoms with E-state index in [1.807, 2.05) is 0 Å². The van der Waals surface area contributed by atoms with Crippen LogP contribution in [0.25, 0.3) is 0 Å². The van der Waals surface area contributed by atoms with Crippen LogP contribution in [-0.4, -0.2) is 5.16 Å². The second-order valence-corrected chi connectivity index (χ2v) is 8.64. The van der Waals surface area contributed by atoms with Gasteiger partial charge in [-0.15, -0.1) is 0 Å². The smallest absolute Gasteiger partial charge is 0.00990 e. The van der Waals surface area contributed by atoms with Gasteiger partial charge in [-0.3, -0.25) is 0 Å². The largest absolute Gasteiger partial charge is 0.0622 e. The third-order valence-electron chi connectivity index (χ3n) is 3.04. The molecule has 2 rings (SSSR count). The standard InChI is InChI=1S/C17H21P/c1-14-10-8-9-13-16(14)18(17(2,3)4)15-11-6-5-7-12-15/h5-13H,1-4H3/t18-/m0/s1. The Morgan fingerprint density at radius 1 is 0.778 bits per heavy atom. The van der Waals surface area contributed by atoms with E-state index >= 15 is 0 Å². The van der Waals surface area contributed by atoms with E-state index in [4.69, 9.17) is 0 Å². The molecule has 0 saturated heterocycles. The number of aryl methyl sites for hydroxylation is 1. The van der Waals surface area contributed by atoms with Crippen molar-refractivity contribution in [2.75, 3.05) is 0 Å². The van der Waals surface area contributed by atoms with Gasteiger partial charge in [0.2, 0.25) is 0 Å². The molecule has 0 fully saturated rings. The average Bonchev–Trinajstić information content (AvgIpc) is 2.32. The van der Waals surface area contributed by atoms with Gasteiger partial charge in [0.15, 0.2) is 0 Å². The lowest BCUT2D eigenvalue weighted by molar-refractivity contribution is 0.793. The van der Waals surface area contributed by atoms with Crippen LogP contribution in [0.2, 0.25) is 0 Å². The molecule has 0 aromatic heterocycles. The van der Waals surface area contributed by atoms with Crippen LogP contribution in [0.4, 0.5) is 0 Å². The van der Waals surface area contributed by atoms with E-state index in [9.17, 15) is 0 Å². The molecule has 94 valence electrons. The Morgan fingerprint density at radius 3 is 1.89 bits per heavy atom. The van der Waals surface area contributed by atoms with Gasteiger partial charge < -0.3 is 0 Å². The van der Waals surface area contributed by atoms with Crippen LogP contribution in [0.1, 0.15) is 26.3 Å². The van der Waals surface area contributed by atoms with Gasteiger partial charge in [-0.25, -0.2) is 0 Å². The lowest BCUT2D eigenvalue weighted by Gasteiger charge is -2.33. The van der Waals surface area contributed by atoms with Gasteiger partial charge in [0.1, 0.15) is 0 Å². The molecule has 1 heteroatoms. The third-order valence-corrected chi connectivity index (χ3v) is 6.18. The molecule has 0 N–H and O–H groups in total. The second-order valence-electron chi connectivity index (χ2n) is 5.63. The van der Waals surface area contributed by atoms with Crippen molar-refractivity contribution >= 4 is 18.5 Å². The van der Waals surface area contributed by atoms with Crippen LogP contribution in [0.3, 0.4) is 0 Å². The van der Waals surface area contributed by atoms with Crippen LogP contribution >= 0.6 is 7.92 Å². The molecule has 0 nitrogen and oxygen atoms in total. The van der Waals surface area contributed by atoms with Crippen molar-refractivity contribution in [2.24, 2.45) is 0 Å². The van der Waals surface area contributed by atoms with E-state index in [0.29, 0.717) is 0 Å². The molecule has 0 radical (unpaired) electrons. The van der Waals surface area contributed by atoms with Gasteiger partial charge in [0.25, 0.3) is 0 Å². The topological polar surface area (TPSA) is 0 Å². The fraction of sp³-hybridized carbons (Fsp3) is 0.294. The number of hydrogen-bond acceptors (Lipinski definition) is 0. The summed E-state index contributed by atoms with van der Waals surface area (Å²) in [6.07, 6.45) is 0. The van der Waals surface area contributed by atoms with Gasteiger partial charge in [-0.2, -0.15) is 0 Å². The molecule has 0 aliphatic heterocycles. The summed E-state index contributed by atoms with van der Waals surface area (Å²) < 4.78 is 0. The quantitative estimate of drug-likeness (QED) is 0.705. The monoisotopic (exact) mass is 256 g/mol. The molecule has 2 aromatic rings. The van der Waals surface area contributed by atoms with Crippen LogP contribution < -0.4 is 10.6 Å². The molecular formula is C17H21P. The molecule has 18 heavy (non-hydrogen) atoms. The van der Waals surface area contributed by atoms with E-state index in [-0.39, 0.29) is 13.1 Å². The first-order valence-corrected chi connectivity index (χ1v) is 7.75. The number of hydrogen-bond donors (Lipinski definition) is 0. The predicted octanol–water partition coefficient (Wildman–Crippen LogP) is 4.23. The van der Waals surface area contributed by atoms with E-state index in [0.717, 1.165) is 0 Å². The highest BCUT2D eigenvalue weighted by molar-refractivity contribution is 7.74. The lowest BCUT2D eigenvalue weighted by atomic mass is 10.2. The maximum atomic E-state index is 2.35.